The number of ether oxygens (including phenoxy) is 1. The third kappa shape index (κ3) is 2.32. The fourth-order valence-electron chi connectivity index (χ4n) is 3.91. The second-order valence-corrected chi connectivity index (χ2v) is 6.05. The summed E-state index contributed by atoms with van der Waals surface area (Å²) in [6, 6.07) is 6.08. The van der Waals surface area contributed by atoms with Crippen LogP contribution in [0, 0.1) is 0 Å². The smallest absolute Gasteiger partial charge is 0.282 e. The van der Waals surface area contributed by atoms with Crippen LogP contribution in [0.5, 0.6) is 0 Å². The second kappa shape index (κ2) is 5.04. The molecule has 1 saturated heterocycles. The molecule has 0 radical (unpaired) electrons. The topological polar surface area (TPSA) is 43.5 Å². The summed E-state index contributed by atoms with van der Waals surface area (Å²) >= 11 is 0. The van der Waals surface area contributed by atoms with Gasteiger partial charge in [-0.05, 0) is 37.8 Å². The third-order valence-electron chi connectivity index (χ3n) is 4.85. The van der Waals surface area contributed by atoms with Gasteiger partial charge in [0, 0.05) is 23.9 Å². The first kappa shape index (κ1) is 12.8. The molecule has 3 nitrogen and oxygen atoms in total. The monoisotopic (exact) mass is 260 g/mol. The molecule has 1 aromatic heterocycles. The molecule has 0 aromatic carbocycles. The number of rotatable bonds is 3. The molecule has 0 amide bonds. The average molecular weight is 260 g/mol. The largest absolute Gasteiger partial charge is 0.375 e. The van der Waals surface area contributed by atoms with E-state index in [1.807, 2.05) is 18.3 Å². The Labute approximate surface area is 114 Å². The van der Waals surface area contributed by atoms with E-state index >= 15 is 0 Å². The highest BCUT2D eigenvalue weighted by Crippen LogP contribution is 2.49. The van der Waals surface area contributed by atoms with Crippen LogP contribution in [0.25, 0.3) is 0 Å². The summed E-state index contributed by atoms with van der Waals surface area (Å²) in [4.78, 5) is 13.9. The second-order valence-electron chi connectivity index (χ2n) is 6.05. The van der Waals surface area contributed by atoms with Crippen LogP contribution >= 0.6 is 0 Å². The van der Waals surface area contributed by atoms with E-state index in [0.29, 0.717) is 6.42 Å². The van der Waals surface area contributed by atoms with Gasteiger partial charge in [0.2, 0.25) is 0 Å². The van der Waals surface area contributed by atoms with Crippen molar-refractivity contribution >= 4 is 6.29 Å². The Bertz CT molecular complexity index is 439. The van der Waals surface area contributed by atoms with Crippen molar-refractivity contribution in [1.29, 1.82) is 0 Å². The number of carbonyl (C=O) groups excluding carboxylic acids is 1. The van der Waals surface area contributed by atoms with Crippen LogP contribution in [0.4, 0.5) is 0 Å². The van der Waals surface area contributed by atoms with E-state index in [0.717, 1.165) is 38.0 Å². The van der Waals surface area contributed by atoms with Crippen LogP contribution in [0.1, 0.15) is 50.6 Å². The van der Waals surface area contributed by atoms with Crippen LogP contribution in [0.2, 0.25) is 0 Å². The molecule has 3 rings (SSSR count). The minimum atomic E-state index is -0.0431. The number of hydrogen-bond donors (Lipinski definition) is 0. The highest BCUT2D eigenvalue weighted by molar-refractivity contribution is 5.54. The SMILES string of the molecule is [OH+]=CC[C@@]1(c2ccccn2)CCOC2(CCCC2)C1. The molecule has 1 N–H and O–H groups in total. The summed E-state index contributed by atoms with van der Waals surface area (Å²) < 4.78 is 6.13. The van der Waals surface area contributed by atoms with Gasteiger partial charge in [0.05, 0.1) is 12.0 Å². The van der Waals surface area contributed by atoms with Gasteiger partial charge in [-0.1, -0.05) is 18.9 Å². The van der Waals surface area contributed by atoms with Crippen LogP contribution in [-0.4, -0.2) is 28.3 Å². The first-order valence-electron chi connectivity index (χ1n) is 7.30. The highest BCUT2D eigenvalue weighted by Gasteiger charge is 2.48. The predicted octanol–water partition coefficient (Wildman–Crippen LogP) is 3.01. The van der Waals surface area contributed by atoms with Gasteiger partial charge in [0.25, 0.3) is 6.29 Å². The molecule has 3 heteroatoms. The van der Waals surface area contributed by atoms with Gasteiger partial charge in [0.1, 0.15) is 0 Å². The Hall–Kier alpha value is -1.22. The molecular weight excluding hydrogens is 238 g/mol. The van der Waals surface area contributed by atoms with Crippen molar-refractivity contribution in [3.63, 3.8) is 0 Å². The summed E-state index contributed by atoms with van der Waals surface area (Å²) in [7, 11) is 0. The Balaban J connectivity index is 1.94. The van der Waals surface area contributed by atoms with E-state index in [-0.39, 0.29) is 11.0 Å². The number of hydrogen-bond acceptors (Lipinski definition) is 2. The lowest BCUT2D eigenvalue weighted by molar-refractivity contribution is -0.101. The van der Waals surface area contributed by atoms with E-state index in [4.69, 9.17) is 4.74 Å². The van der Waals surface area contributed by atoms with Crippen molar-refractivity contribution < 1.29 is 9.53 Å². The minimum Gasteiger partial charge on any atom is -0.375 e. The Morgan fingerprint density at radius 3 is 2.79 bits per heavy atom. The lowest BCUT2D eigenvalue weighted by Gasteiger charge is -2.45. The summed E-state index contributed by atoms with van der Waals surface area (Å²) in [6.45, 7) is 0.782. The molecule has 1 aliphatic heterocycles. The maximum Gasteiger partial charge on any atom is 0.282 e. The van der Waals surface area contributed by atoms with Crippen LogP contribution in [0.3, 0.4) is 0 Å². The Kier molecular flexibility index (Phi) is 3.40. The molecule has 1 atom stereocenters. The summed E-state index contributed by atoms with van der Waals surface area (Å²) in [5.41, 5.74) is 1.10. The molecule has 1 aliphatic carbocycles. The highest BCUT2D eigenvalue weighted by atomic mass is 16.5. The van der Waals surface area contributed by atoms with Gasteiger partial charge in [0.15, 0.2) is 0 Å². The zero-order chi connectivity index (χ0) is 13.2. The van der Waals surface area contributed by atoms with Crippen molar-refractivity contribution in [2.45, 2.75) is 56.0 Å². The zero-order valence-corrected chi connectivity index (χ0v) is 11.3. The van der Waals surface area contributed by atoms with Gasteiger partial charge >= 0.3 is 0 Å². The molecule has 2 heterocycles. The summed E-state index contributed by atoms with van der Waals surface area (Å²) in [6.07, 6.45) is 10.6. The van der Waals surface area contributed by atoms with E-state index in [1.165, 1.54) is 19.1 Å². The Morgan fingerprint density at radius 2 is 2.11 bits per heavy atom. The molecule has 1 spiro atoms. The van der Waals surface area contributed by atoms with Crippen molar-refractivity contribution in [3.8, 4) is 0 Å². The number of aromatic nitrogens is 1. The van der Waals surface area contributed by atoms with Crippen LogP contribution in [0.15, 0.2) is 24.4 Å². The van der Waals surface area contributed by atoms with E-state index < -0.39 is 0 Å². The van der Waals surface area contributed by atoms with Gasteiger partial charge in [-0.15, -0.1) is 0 Å². The third-order valence-corrected chi connectivity index (χ3v) is 4.85. The minimum absolute atomic E-state index is 0.0405. The Morgan fingerprint density at radius 1 is 1.26 bits per heavy atom. The van der Waals surface area contributed by atoms with Gasteiger partial charge in [-0.2, -0.15) is 0 Å². The van der Waals surface area contributed by atoms with Gasteiger partial charge < -0.3 is 4.74 Å². The average Bonchev–Trinajstić information content (AvgIpc) is 2.88. The molecule has 1 aromatic rings. The molecule has 102 valence electrons. The van der Waals surface area contributed by atoms with Gasteiger partial charge in [-0.25, -0.2) is 0 Å². The first-order valence-corrected chi connectivity index (χ1v) is 7.30. The lowest BCUT2D eigenvalue weighted by atomic mass is 9.68. The van der Waals surface area contributed by atoms with Crippen LogP contribution in [-0.2, 0) is 10.2 Å². The summed E-state index contributed by atoms with van der Waals surface area (Å²) in [5.74, 6) is 0. The maximum absolute atomic E-state index is 9.38. The first-order chi connectivity index (χ1) is 9.29. The molecule has 0 bridgehead atoms. The number of aldehydes is 1. The normalized spacial score (nSPS) is 29.5. The number of nitrogens with zero attached hydrogens (tertiary/aromatic N) is 1. The number of pyridine rings is 1. The zero-order valence-electron chi connectivity index (χ0n) is 11.3. The van der Waals surface area contributed by atoms with Gasteiger partial charge in [-0.3, -0.25) is 9.78 Å². The van der Waals surface area contributed by atoms with Crippen molar-refractivity contribution in [2.24, 2.45) is 0 Å². The van der Waals surface area contributed by atoms with E-state index in [2.05, 4.69) is 11.1 Å². The predicted molar refractivity (Wildman–Crippen MR) is 74.9 cm³/mol. The fraction of sp³-hybridized carbons (Fsp3) is 0.625. The van der Waals surface area contributed by atoms with E-state index in [9.17, 15) is 4.79 Å². The fourth-order valence-corrected chi connectivity index (χ4v) is 3.91. The molecule has 2 fully saturated rings. The van der Waals surface area contributed by atoms with Crippen molar-refractivity contribution in [3.05, 3.63) is 30.1 Å². The molecule has 19 heavy (non-hydrogen) atoms. The molecular formula is C16H22NO2+. The molecule has 1 saturated carbocycles. The lowest BCUT2D eigenvalue weighted by Crippen LogP contribution is -2.46. The van der Waals surface area contributed by atoms with Crippen LogP contribution < -0.4 is 0 Å². The summed E-state index contributed by atoms with van der Waals surface area (Å²) in [5, 5.41) is 0. The maximum atomic E-state index is 9.38. The quantitative estimate of drug-likeness (QED) is 0.619. The standard InChI is InChI=1S/C16H21NO2/c18-11-8-15(14-5-1-4-10-17-14)9-12-19-16(13-15)6-2-3-7-16/h1,4-5,10-11H,2-3,6-9,12-13H2/p+1/t15-/m1/s1. The van der Waals surface area contributed by atoms with E-state index in [1.54, 1.807) is 0 Å². The van der Waals surface area contributed by atoms with Crippen molar-refractivity contribution in [1.82, 2.24) is 4.98 Å². The molecule has 2 aliphatic rings. The molecule has 0 unspecified atom stereocenters. The van der Waals surface area contributed by atoms with Crippen molar-refractivity contribution in [2.75, 3.05) is 6.61 Å².